The van der Waals surface area contributed by atoms with E-state index >= 15 is 0 Å². The van der Waals surface area contributed by atoms with Gasteiger partial charge < -0.3 is 9.84 Å². The molecule has 5 nitrogen and oxygen atoms in total. The zero-order valence-corrected chi connectivity index (χ0v) is 11.7. The van der Waals surface area contributed by atoms with Crippen molar-refractivity contribution in [1.82, 2.24) is 0 Å². The van der Waals surface area contributed by atoms with Crippen LogP contribution in [0.25, 0.3) is 0 Å². The molecule has 0 aliphatic carbocycles. The fraction of sp³-hybridized carbons (Fsp3) is 0.0714. The Morgan fingerprint density at radius 2 is 1.76 bits per heavy atom. The van der Waals surface area contributed by atoms with Crippen LogP contribution in [0.15, 0.2) is 47.4 Å². The van der Waals surface area contributed by atoms with Crippen molar-refractivity contribution in [2.75, 3.05) is 6.26 Å². The van der Waals surface area contributed by atoms with Gasteiger partial charge in [0.2, 0.25) is 0 Å². The van der Waals surface area contributed by atoms with Gasteiger partial charge in [-0.1, -0.05) is 0 Å². The molecular formula is C14H11FO5S. The van der Waals surface area contributed by atoms with Crippen molar-refractivity contribution >= 4 is 15.8 Å². The fourth-order valence-electron chi connectivity index (χ4n) is 1.64. The van der Waals surface area contributed by atoms with Crippen LogP contribution >= 0.6 is 0 Å². The molecule has 1 N–H and O–H groups in total. The van der Waals surface area contributed by atoms with Gasteiger partial charge >= 0.3 is 5.97 Å². The minimum Gasteiger partial charge on any atom is -0.478 e. The molecule has 0 spiro atoms. The van der Waals surface area contributed by atoms with Gasteiger partial charge in [-0.2, -0.15) is 0 Å². The molecule has 0 amide bonds. The zero-order valence-electron chi connectivity index (χ0n) is 10.9. The number of sulfone groups is 1. The minimum absolute atomic E-state index is 0.0315. The van der Waals surface area contributed by atoms with Gasteiger partial charge in [-0.3, -0.25) is 0 Å². The average molecular weight is 310 g/mol. The molecule has 7 heteroatoms. The predicted octanol–water partition coefficient (Wildman–Crippen LogP) is 2.72. The molecule has 0 aliphatic heterocycles. The van der Waals surface area contributed by atoms with E-state index in [1.54, 1.807) is 0 Å². The monoisotopic (exact) mass is 310 g/mol. The van der Waals surface area contributed by atoms with Crippen LogP contribution in [-0.4, -0.2) is 25.7 Å². The molecule has 2 aromatic rings. The fourth-order valence-corrected chi connectivity index (χ4v) is 2.27. The Hall–Kier alpha value is -2.41. The van der Waals surface area contributed by atoms with E-state index in [9.17, 15) is 17.6 Å². The second-order valence-corrected chi connectivity index (χ2v) is 6.31. The van der Waals surface area contributed by atoms with Crippen LogP contribution < -0.4 is 4.74 Å². The quantitative estimate of drug-likeness (QED) is 0.939. The standard InChI is InChI=1S/C14H11FO5S/c1-21(18,19)11-5-3-10(4-6-11)20-13-7-2-9(15)8-12(13)14(16)17/h2-8H,1H3,(H,16,17). The lowest BCUT2D eigenvalue weighted by atomic mass is 10.2. The molecule has 0 aromatic heterocycles. The van der Waals surface area contributed by atoms with E-state index in [2.05, 4.69) is 0 Å². The van der Waals surface area contributed by atoms with Crippen molar-refractivity contribution in [3.8, 4) is 11.5 Å². The molecule has 2 rings (SSSR count). The summed E-state index contributed by atoms with van der Waals surface area (Å²) in [5.74, 6) is -1.79. The Morgan fingerprint density at radius 3 is 2.29 bits per heavy atom. The van der Waals surface area contributed by atoms with Gasteiger partial charge in [-0.25, -0.2) is 17.6 Å². The first-order valence-electron chi connectivity index (χ1n) is 5.78. The number of rotatable bonds is 4. The highest BCUT2D eigenvalue weighted by molar-refractivity contribution is 7.90. The second kappa shape index (κ2) is 5.53. The van der Waals surface area contributed by atoms with Gasteiger partial charge in [0, 0.05) is 6.26 Å². The Morgan fingerprint density at radius 1 is 1.14 bits per heavy atom. The third kappa shape index (κ3) is 3.57. The summed E-state index contributed by atoms with van der Waals surface area (Å²) in [4.78, 5) is 11.1. The molecule has 2 aromatic carbocycles. The van der Waals surface area contributed by atoms with Crippen molar-refractivity contribution in [2.24, 2.45) is 0 Å². The number of ether oxygens (including phenoxy) is 1. The summed E-state index contributed by atoms with van der Waals surface area (Å²) >= 11 is 0. The molecule has 0 saturated heterocycles. The normalized spacial score (nSPS) is 11.1. The van der Waals surface area contributed by atoms with Crippen LogP contribution in [0.1, 0.15) is 10.4 Å². The first kappa shape index (κ1) is 15.0. The summed E-state index contributed by atoms with van der Waals surface area (Å²) in [6.07, 6.45) is 1.07. The first-order chi connectivity index (χ1) is 9.77. The number of carbonyl (C=O) groups is 1. The number of carboxylic acids is 1. The van der Waals surface area contributed by atoms with Crippen LogP contribution in [0.5, 0.6) is 11.5 Å². The first-order valence-corrected chi connectivity index (χ1v) is 7.67. The molecule has 0 radical (unpaired) electrons. The maximum Gasteiger partial charge on any atom is 0.339 e. The molecule has 0 unspecified atom stereocenters. The van der Waals surface area contributed by atoms with Gasteiger partial charge in [0.05, 0.1) is 4.90 Å². The van der Waals surface area contributed by atoms with Crippen molar-refractivity contribution in [2.45, 2.75) is 4.90 Å². The largest absolute Gasteiger partial charge is 0.478 e. The SMILES string of the molecule is CS(=O)(=O)c1ccc(Oc2ccc(F)cc2C(=O)O)cc1. The topological polar surface area (TPSA) is 80.7 Å². The van der Waals surface area contributed by atoms with Crippen molar-refractivity contribution in [3.63, 3.8) is 0 Å². The van der Waals surface area contributed by atoms with Gasteiger partial charge in [-0.15, -0.1) is 0 Å². The Kier molecular flexibility index (Phi) is 3.95. The van der Waals surface area contributed by atoms with Crippen LogP contribution in [0.3, 0.4) is 0 Å². The van der Waals surface area contributed by atoms with E-state index in [4.69, 9.17) is 9.84 Å². The summed E-state index contributed by atoms with van der Waals surface area (Å²) in [6.45, 7) is 0. The zero-order chi connectivity index (χ0) is 15.6. The summed E-state index contributed by atoms with van der Waals surface area (Å²) in [7, 11) is -3.32. The van der Waals surface area contributed by atoms with E-state index in [0.29, 0.717) is 0 Å². The van der Waals surface area contributed by atoms with Gasteiger partial charge in [-0.05, 0) is 42.5 Å². The van der Waals surface area contributed by atoms with Crippen LogP contribution in [0.2, 0.25) is 0 Å². The van der Waals surface area contributed by atoms with Crippen molar-refractivity contribution in [3.05, 3.63) is 53.8 Å². The molecular weight excluding hydrogens is 299 g/mol. The molecule has 110 valence electrons. The molecule has 0 saturated carbocycles. The molecule has 0 atom stereocenters. The number of hydrogen-bond acceptors (Lipinski definition) is 4. The third-order valence-corrected chi connectivity index (χ3v) is 3.78. The Bertz CT molecular complexity index is 782. The van der Waals surface area contributed by atoms with Crippen molar-refractivity contribution in [1.29, 1.82) is 0 Å². The van der Waals surface area contributed by atoms with E-state index in [1.165, 1.54) is 30.3 Å². The van der Waals surface area contributed by atoms with Gasteiger partial charge in [0.1, 0.15) is 22.9 Å². The maximum absolute atomic E-state index is 13.0. The summed E-state index contributed by atoms with van der Waals surface area (Å²) in [6, 6.07) is 8.60. The molecule has 21 heavy (non-hydrogen) atoms. The van der Waals surface area contributed by atoms with E-state index in [1.807, 2.05) is 0 Å². The van der Waals surface area contributed by atoms with Gasteiger partial charge in [0.15, 0.2) is 9.84 Å². The van der Waals surface area contributed by atoms with E-state index < -0.39 is 21.6 Å². The lowest BCUT2D eigenvalue weighted by molar-refractivity contribution is 0.0693. The Labute approximate surface area is 120 Å². The van der Waals surface area contributed by atoms with Crippen LogP contribution in [-0.2, 0) is 9.84 Å². The average Bonchev–Trinajstić information content (AvgIpc) is 2.40. The number of carboxylic acid groups (broad SMARTS) is 1. The highest BCUT2D eigenvalue weighted by Gasteiger charge is 2.14. The summed E-state index contributed by atoms with van der Waals surface area (Å²) in [5.41, 5.74) is -0.317. The van der Waals surface area contributed by atoms with Crippen LogP contribution in [0, 0.1) is 5.82 Å². The number of aromatic carboxylic acids is 1. The highest BCUT2D eigenvalue weighted by atomic mass is 32.2. The number of benzene rings is 2. The molecule has 0 aliphatic rings. The molecule has 0 bridgehead atoms. The predicted molar refractivity (Wildman–Crippen MR) is 73.0 cm³/mol. The maximum atomic E-state index is 13.0. The van der Waals surface area contributed by atoms with Crippen LogP contribution in [0.4, 0.5) is 4.39 Å². The highest BCUT2D eigenvalue weighted by Crippen LogP contribution is 2.27. The molecule has 0 heterocycles. The second-order valence-electron chi connectivity index (χ2n) is 4.29. The number of halogens is 1. The lowest BCUT2D eigenvalue weighted by Crippen LogP contribution is -2.01. The lowest BCUT2D eigenvalue weighted by Gasteiger charge is -2.09. The van der Waals surface area contributed by atoms with E-state index in [-0.39, 0.29) is 22.0 Å². The summed E-state index contributed by atoms with van der Waals surface area (Å²) < 4.78 is 41.0. The minimum atomic E-state index is -3.32. The van der Waals surface area contributed by atoms with Crippen molar-refractivity contribution < 1.29 is 27.4 Å². The molecule has 0 fully saturated rings. The Balaban J connectivity index is 2.33. The smallest absolute Gasteiger partial charge is 0.339 e. The third-order valence-electron chi connectivity index (χ3n) is 2.65. The number of hydrogen-bond donors (Lipinski definition) is 1. The van der Waals surface area contributed by atoms with Gasteiger partial charge in [0.25, 0.3) is 0 Å². The summed E-state index contributed by atoms with van der Waals surface area (Å²) in [5, 5.41) is 8.99. The van der Waals surface area contributed by atoms with E-state index in [0.717, 1.165) is 18.4 Å².